The summed E-state index contributed by atoms with van der Waals surface area (Å²) in [7, 11) is -3.58. The van der Waals surface area contributed by atoms with E-state index >= 15 is 0 Å². The van der Waals surface area contributed by atoms with Crippen LogP contribution in [0, 0.1) is 11.6 Å². The number of hydrogen-bond acceptors (Lipinski definition) is 3. The molecule has 0 aliphatic carbocycles. The number of sulfone groups is 1. The van der Waals surface area contributed by atoms with Gasteiger partial charge in [0.25, 0.3) is 0 Å². The number of hydrogen-bond donors (Lipinski definition) is 1. The number of halogens is 2. The number of nitrogens with two attached hydrogens (primary N) is 1. The molecule has 96 valence electrons. The van der Waals surface area contributed by atoms with Gasteiger partial charge >= 0.3 is 0 Å². The summed E-state index contributed by atoms with van der Waals surface area (Å²) in [5.41, 5.74) is 4.86. The van der Waals surface area contributed by atoms with Crippen molar-refractivity contribution in [2.24, 2.45) is 5.73 Å². The van der Waals surface area contributed by atoms with Crippen molar-refractivity contribution in [1.29, 1.82) is 0 Å². The van der Waals surface area contributed by atoms with Crippen molar-refractivity contribution in [2.45, 2.75) is 24.3 Å². The highest BCUT2D eigenvalue weighted by Gasteiger charge is 2.23. The molecule has 0 bridgehead atoms. The van der Waals surface area contributed by atoms with Crippen LogP contribution in [-0.2, 0) is 15.6 Å². The van der Waals surface area contributed by atoms with Crippen LogP contribution in [0.15, 0.2) is 18.2 Å². The van der Waals surface area contributed by atoms with Crippen LogP contribution < -0.4 is 5.73 Å². The predicted octanol–water partition coefficient (Wildman–Crippen LogP) is 1.62. The molecule has 0 saturated carbocycles. The summed E-state index contributed by atoms with van der Waals surface area (Å²) in [6.07, 6.45) is 0.276. The van der Waals surface area contributed by atoms with Crippen molar-refractivity contribution in [1.82, 2.24) is 0 Å². The van der Waals surface area contributed by atoms with Crippen LogP contribution in [0.4, 0.5) is 8.78 Å². The van der Waals surface area contributed by atoms with Crippen molar-refractivity contribution >= 4 is 9.84 Å². The molecule has 6 heteroatoms. The predicted molar refractivity (Wildman–Crippen MR) is 62.1 cm³/mol. The Morgan fingerprint density at radius 3 is 2.29 bits per heavy atom. The van der Waals surface area contributed by atoms with Crippen LogP contribution in [0.25, 0.3) is 0 Å². The van der Waals surface area contributed by atoms with E-state index in [1.54, 1.807) is 0 Å². The van der Waals surface area contributed by atoms with Crippen molar-refractivity contribution in [3.05, 3.63) is 35.4 Å². The fourth-order valence-electron chi connectivity index (χ4n) is 1.43. The second-order valence-electron chi connectivity index (χ2n) is 3.90. The molecule has 0 radical (unpaired) electrons. The van der Waals surface area contributed by atoms with E-state index in [4.69, 9.17) is 5.73 Å². The summed E-state index contributed by atoms with van der Waals surface area (Å²) < 4.78 is 50.2. The molecule has 0 aliphatic rings. The average Bonchev–Trinajstić information content (AvgIpc) is 2.24. The molecule has 1 aromatic rings. The molecule has 0 heterocycles. The Hall–Kier alpha value is -1.01. The number of rotatable bonds is 5. The molecule has 0 aliphatic heterocycles. The Labute approximate surface area is 99.6 Å². The topological polar surface area (TPSA) is 60.2 Å². The zero-order valence-corrected chi connectivity index (χ0v) is 10.3. The maximum atomic E-state index is 13.3. The molecule has 0 aromatic heterocycles. The average molecular weight is 263 g/mol. The quantitative estimate of drug-likeness (QED) is 0.878. The van der Waals surface area contributed by atoms with E-state index in [0.717, 1.165) is 12.1 Å². The molecule has 0 fully saturated rings. The Morgan fingerprint density at radius 1 is 1.29 bits per heavy atom. The lowest BCUT2D eigenvalue weighted by Crippen LogP contribution is -2.23. The highest BCUT2D eigenvalue weighted by molar-refractivity contribution is 7.91. The molecule has 2 N–H and O–H groups in total. The SMILES string of the molecule is CC(CCN)S(=O)(=O)Cc1c(F)cccc1F. The minimum absolute atomic E-state index is 0.222. The van der Waals surface area contributed by atoms with Gasteiger partial charge < -0.3 is 5.73 Å². The normalized spacial score (nSPS) is 13.6. The van der Waals surface area contributed by atoms with E-state index in [2.05, 4.69) is 0 Å². The second kappa shape index (κ2) is 5.55. The lowest BCUT2D eigenvalue weighted by Gasteiger charge is -2.12. The Bertz CT molecular complexity index is 468. The molecule has 1 aromatic carbocycles. The first-order chi connectivity index (χ1) is 7.88. The third-order valence-electron chi connectivity index (χ3n) is 2.59. The van der Waals surface area contributed by atoms with E-state index in [-0.39, 0.29) is 13.0 Å². The summed E-state index contributed by atoms with van der Waals surface area (Å²) in [4.78, 5) is 0. The van der Waals surface area contributed by atoms with Crippen molar-refractivity contribution in [2.75, 3.05) is 6.54 Å². The minimum Gasteiger partial charge on any atom is -0.330 e. The van der Waals surface area contributed by atoms with E-state index in [1.165, 1.54) is 13.0 Å². The van der Waals surface area contributed by atoms with Gasteiger partial charge in [-0.25, -0.2) is 17.2 Å². The molecule has 1 atom stereocenters. The van der Waals surface area contributed by atoms with E-state index in [1.807, 2.05) is 0 Å². The fourth-order valence-corrected chi connectivity index (χ4v) is 2.89. The van der Waals surface area contributed by atoms with Crippen LogP contribution >= 0.6 is 0 Å². The summed E-state index contributed by atoms with van der Waals surface area (Å²) >= 11 is 0. The van der Waals surface area contributed by atoms with Crippen LogP contribution in [0.2, 0.25) is 0 Å². The van der Waals surface area contributed by atoms with Gasteiger partial charge in [0.15, 0.2) is 9.84 Å². The molecule has 0 saturated heterocycles. The Morgan fingerprint density at radius 2 is 1.82 bits per heavy atom. The summed E-state index contributed by atoms with van der Waals surface area (Å²) in [6.45, 7) is 1.71. The lowest BCUT2D eigenvalue weighted by molar-refractivity contribution is 0.550. The van der Waals surface area contributed by atoms with Gasteiger partial charge in [-0.1, -0.05) is 6.07 Å². The van der Waals surface area contributed by atoms with Gasteiger partial charge in [-0.15, -0.1) is 0 Å². The molecule has 1 rings (SSSR count). The van der Waals surface area contributed by atoms with Crippen LogP contribution in [0.3, 0.4) is 0 Å². The first kappa shape index (κ1) is 14.1. The van der Waals surface area contributed by atoms with Gasteiger partial charge in [0.05, 0.1) is 11.0 Å². The minimum atomic E-state index is -3.58. The maximum Gasteiger partial charge on any atom is 0.157 e. The molecule has 1 unspecified atom stereocenters. The van der Waals surface area contributed by atoms with E-state index < -0.39 is 38.0 Å². The molecule has 3 nitrogen and oxygen atoms in total. The fraction of sp³-hybridized carbons (Fsp3) is 0.455. The van der Waals surface area contributed by atoms with E-state index in [9.17, 15) is 17.2 Å². The monoisotopic (exact) mass is 263 g/mol. The van der Waals surface area contributed by atoms with E-state index in [0.29, 0.717) is 0 Å². The summed E-state index contributed by atoms with van der Waals surface area (Å²) in [5, 5.41) is -0.702. The Kier molecular flexibility index (Phi) is 4.59. The molecule has 0 spiro atoms. The van der Waals surface area contributed by atoms with Gasteiger partial charge in [0.1, 0.15) is 11.6 Å². The largest absolute Gasteiger partial charge is 0.330 e. The maximum absolute atomic E-state index is 13.3. The van der Waals surface area contributed by atoms with Crippen molar-refractivity contribution in [3.8, 4) is 0 Å². The zero-order valence-electron chi connectivity index (χ0n) is 9.49. The van der Waals surface area contributed by atoms with Gasteiger partial charge in [-0.05, 0) is 32.0 Å². The van der Waals surface area contributed by atoms with Gasteiger partial charge in [-0.3, -0.25) is 0 Å². The zero-order chi connectivity index (χ0) is 13.1. The van der Waals surface area contributed by atoms with Crippen LogP contribution in [0.1, 0.15) is 18.9 Å². The second-order valence-corrected chi connectivity index (χ2v) is 6.31. The van der Waals surface area contributed by atoms with Crippen LogP contribution in [0.5, 0.6) is 0 Å². The molecule has 17 heavy (non-hydrogen) atoms. The third-order valence-corrected chi connectivity index (χ3v) is 4.75. The smallest absolute Gasteiger partial charge is 0.157 e. The van der Waals surface area contributed by atoms with Crippen LogP contribution in [-0.4, -0.2) is 20.2 Å². The Balaban J connectivity index is 2.98. The molecule has 0 amide bonds. The highest BCUT2D eigenvalue weighted by Crippen LogP contribution is 2.18. The van der Waals surface area contributed by atoms with Gasteiger partial charge in [0.2, 0.25) is 0 Å². The summed E-state index contributed by atoms with van der Waals surface area (Å²) in [5.74, 6) is -2.31. The van der Waals surface area contributed by atoms with Gasteiger partial charge in [0, 0.05) is 5.56 Å². The highest BCUT2D eigenvalue weighted by atomic mass is 32.2. The number of benzene rings is 1. The van der Waals surface area contributed by atoms with Crippen molar-refractivity contribution < 1.29 is 17.2 Å². The first-order valence-electron chi connectivity index (χ1n) is 5.23. The van der Waals surface area contributed by atoms with Crippen molar-refractivity contribution in [3.63, 3.8) is 0 Å². The summed E-state index contributed by atoms with van der Waals surface area (Å²) in [6, 6.07) is 3.28. The standard InChI is InChI=1S/C11H15F2NO2S/c1-8(5-6-14)17(15,16)7-9-10(12)3-2-4-11(9)13/h2-4,8H,5-7,14H2,1H3. The lowest BCUT2D eigenvalue weighted by atomic mass is 10.2. The molecular formula is C11H15F2NO2S. The third kappa shape index (κ3) is 3.47. The molecular weight excluding hydrogens is 248 g/mol. The van der Waals surface area contributed by atoms with Gasteiger partial charge in [-0.2, -0.15) is 0 Å². The first-order valence-corrected chi connectivity index (χ1v) is 6.94.